The molecular weight excluding hydrogens is 328 g/mol. The topological polar surface area (TPSA) is 102 Å². The van der Waals surface area contributed by atoms with Gasteiger partial charge in [-0.2, -0.15) is 0 Å². The molecule has 0 aromatic heterocycles. The molecule has 0 bridgehead atoms. The highest BCUT2D eigenvalue weighted by molar-refractivity contribution is 5.99. The van der Waals surface area contributed by atoms with Crippen LogP contribution in [0.2, 0.25) is 0 Å². The van der Waals surface area contributed by atoms with Gasteiger partial charge in [-0.25, -0.2) is 0 Å². The molecule has 3 amide bonds. The Bertz CT molecular complexity index is 673. The molecule has 1 fully saturated rings. The molecule has 1 N–H and O–H groups in total. The van der Waals surface area contributed by atoms with Crippen LogP contribution in [-0.2, 0) is 19.1 Å². The van der Waals surface area contributed by atoms with Crippen molar-refractivity contribution < 1.29 is 28.7 Å². The molecule has 0 spiro atoms. The van der Waals surface area contributed by atoms with E-state index in [1.54, 1.807) is 31.2 Å². The summed E-state index contributed by atoms with van der Waals surface area (Å²) < 4.78 is 10.2. The van der Waals surface area contributed by atoms with Crippen molar-refractivity contribution in [3.63, 3.8) is 0 Å². The van der Waals surface area contributed by atoms with Gasteiger partial charge in [-0.05, 0) is 25.5 Å². The molecule has 0 atom stereocenters. The van der Waals surface area contributed by atoms with Crippen molar-refractivity contribution in [2.24, 2.45) is 0 Å². The van der Waals surface area contributed by atoms with E-state index in [0.717, 1.165) is 4.90 Å². The SMILES string of the molecule is CCOc1ccccc1C(=O)NCC(=O)OCC(=O)N1CCCC1=O. The van der Waals surface area contributed by atoms with Gasteiger partial charge in [-0.3, -0.25) is 24.1 Å². The van der Waals surface area contributed by atoms with Crippen LogP contribution in [0.15, 0.2) is 24.3 Å². The Kier molecular flexibility index (Phi) is 6.50. The number of benzene rings is 1. The number of rotatable bonds is 7. The van der Waals surface area contributed by atoms with Crippen molar-refractivity contribution in [1.29, 1.82) is 0 Å². The molecule has 8 nitrogen and oxygen atoms in total. The third-order valence-electron chi connectivity index (χ3n) is 3.56. The Morgan fingerprint density at radius 1 is 1.24 bits per heavy atom. The van der Waals surface area contributed by atoms with Crippen molar-refractivity contribution in [2.45, 2.75) is 19.8 Å². The summed E-state index contributed by atoms with van der Waals surface area (Å²) in [5.74, 6) is -1.64. The predicted molar refractivity (Wildman–Crippen MR) is 86.9 cm³/mol. The Morgan fingerprint density at radius 3 is 2.68 bits per heavy atom. The van der Waals surface area contributed by atoms with Gasteiger partial charge in [0.25, 0.3) is 11.8 Å². The van der Waals surface area contributed by atoms with Gasteiger partial charge < -0.3 is 14.8 Å². The Balaban J connectivity index is 1.79. The van der Waals surface area contributed by atoms with Crippen molar-refractivity contribution in [3.05, 3.63) is 29.8 Å². The number of amides is 3. The van der Waals surface area contributed by atoms with Gasteiger partial charge in [0.2, 0.25) is 5.91 Å². The van der Waals surface area contributed by atoms with Crippen LogP contribution >= 0.6 is 0 Å². The quantitative estimate of drug-likeness (QED) is 0.720. The van der Waals surface area contributed by atoms with Crippen LogP contribution in [0.4, 0.5) is 0 Å². The van der Waals surface area contributed by atoms with Crippen molar-refractivity contribution in [2.75, 3.05) is 26.3 Å². The smallest absolute Gasteiger partial charge is 0.325 e. The molecule has 25 heavy (non-hydrogen) atoms. The van der Waals surface area contributed by atoms with Gasteiger partial charge >= 0.3 is 5.97 Å². The monoisotopic (exact) mass is 348 g/mol. The number of hydrogen-bond acceptors (Lipinski definition) is 6. The maximum atomic E-state index is 12.1. The number of ether oxygens (including phenoxy) is 2. The molecule has 1 saturated heterocycles. The van der Waals surface area contributed by atoms with Gasteiger partial charge in [0.05, 0.1) is 12.2 Å². The Morgan fingerprint density at radius 2 is 2.00 bits per heavy atom. The van der Waals surface area contributed by atoms with Gasteiger partial charge in [-0.15, -0.1) is 0 Å². The van der Waals surface area contributed by atoms with E-state index in [2.05, 4.69) is 5.32 Å². The van der Waals surface area contributed by atoms with E-state index in [-0.39, 0.29) is 12.5 Å². The molecule has 1 aliphatic rings. The third kappa shape index (κ3) is 5.03. The van der Waals surface area contributed by atoms with E-state index in [9.17, 15) is 19.2 Å². The molecule has 1 aromatic rings. The molecule has 0 saturated carbocycles. The molecule has 1 heterocycles. The minimum Gasteiger partial charge on any atom is -0.493 e. The van der Waals surface area contributed by atoms with E-state index < -0.39 is 24.4 Å². The van der Waals surface area contributed by atoms with E-state index >= 15 is 0 Å². The fourth-order valence-electron chi connectivity index (χ4n) is 2.37. The van der Waals surface area contributed by atoms with E-state index in [1.165, 1.54) is 0 Å². The highest BCUT2D eigenvalue weighted by Crippen LogP contribution is 2.17. The molecule has 0 unspecified atom stereocenters. The fraction of sp³-hybridized carbons (Fsp3) is 0.412. The number of para-hydroxylation sites is 1. The maximum Gasteiger partial charge on any atom is 0.325 e. The van der Waals surface area contributed by atoms with E-state index in [4.69, 9.17) is 9.47 Å². The Labute approximate surface area is 145 Å². The zero-order chi connectivity index (χ0) is 18.2. The summed E-state index contributed by atoms with van der Waals surface area (Å²) in [5.41, 5.74) is 0.302. The van der Waals surface area contributed by atoms with Crippen LogP contribution in [0.3, 0.4) is 0 Å². The molecule has 1 aromatic carbocycles. The summed E-state index contributed by atoms with van der Waals surface area (Å²) in [6, 6.07) is 6.65. The summed E-state index contributed by atoms with van der Waals surface area (Å²) in [4.78, 5) is 48.0. The van der Waals surface area contributed by atoms with E-state index in [1.807, 2.05) is 0 Å². The normalized spacial score (nSPS) is 13.5. The van der Waals surface area contributed by atoms with Crippen molar-refractivity contribution in [3.8, 4) is 5.75 Å². The molecule has 0 aliphatic carbocycles. The molecule has 134 valence electrons. The fourth-order valence-corrected chi connectivity index (χ4v) is 2.37. The minimum atomic E-state index is -0.762. The number of carbonyl (C=O) groups is 4. The largest absolute Gasteiger partial charge is 0.493 e. The number of imide groups is 1. The number of esters is 1. The molecule has 0 radical (unpaired) electrons. The van der Waals surface area contributed by atoms with Crippen LogP contribution in [0, 0.1) is 0 Å². The summed E-state index contributed by atoms with van der Waals surface area (Å²) in [6.07, 6.45) is 0.947. The molecular formula is C17H20N2O6. The predicted octanol–water partition coefficient (Wildman–Crippen LogP) is 0.507. The summed E-state index contributed by atoms with van der Waals surface area (Å²) >= 11 is 0. The van der Waals surface area contributed by atoms with Crippen molar-refractivity contribution >= 4 is 23.7 Å². The van der Waals surface area contributed by atoms with Gasteiger partial charge in [-0.1, -0.05) is 12.1 Å². The van der Waals surface area contributed by atoms with Crippen molar-refractivity contribution in [1.82, 2.24) is 10.2 Å². The first-order chi connectivity index (χ1) is 12.0. The summed E-state index contributed by atoms with van der Waals surface area (Å²) in [7, 11) is 0. The van der Waals surface area contributed by atoms with Crippen LogP contribution in [0.5, 0.6) is 5.75 Å². The zero-order valence-electron chi connectivity index (χ0n) is 13.9. The second-order valence-electron chi connectivity index (χ2n) is 5.32. The number of carbonyl (C=O) groups excluding carboxylic acids is 4. The van der Waals surface area contributed by atoms with E-state index in [0.29, 0.717) is 37.3 Å². The first kappa shape index (κ1) is 18.4. The second kappa shape index (κ2) is 8.81. The number of nitrogens with zero attached hydrogens (tertiary/aromatic N) is 1. The van der Waals surface area contributed by atoms with Crippen LogP contribution in [0.1, 0.15) is 30.1 Å². The number of hydrogen-bond donors (Lipinski definition) is 1. The second-order valence-corrected chi connectivity index (χ2v) is 5.32. The van der Waals surface area contributed by atoms with Crippen LogP contribution < -0.4 is 10.1 Å². The lowest BCUT2D eigenvalue weighted by Gasteiger charge is -2.13. The number of likely N-dealkylation sites (tertiary alicyclic amines) is 1. The van der Waals surface area contributed by atoms with Gasteiger partial charge in [0.15, 0.2) is 6.61 Å². The maximum absolute atomic E-state index is 12.1. The highest BCUT2D eigenvalue weighted by atomic mass is 16.5. The number of nitrogens with one attached hydrogen (secondary N) is 1. The molecule has 1 aliphatic heterocycles. The average molecular weight is 348 g/mol. The minimum absolute atomic E-state index is 0.262. The third-order valence-corrected chi connectivity index (χ3v) is 3.56. The summed E-state index contributed by atoms with van der Waals surface area (Å²) in [5, 5.41) is 2.41. The van der Waals surface area contributed by atoms with Crippen LogP contribution in [-0.4, -0.2) is 54.9 Å². The lowest BCUT2D eigenvalue weighted by molar-refractivity contribution is -0.154. The van der Waals surface area contributed by atoms with Gasteiger partial charge in [0.1, 0.15) is 12.3 Å². The standard InChI is InChI=1S/C17H20N2O6/c1-2-24-13-7-4-3-6-12(13)17(23)18-10-16(22)25-11-15(21)19-9-5-8-14(19)20/h3-4,6-7H,2,5,8-11H2,1H3,(H,18,23). The van der Waals surface area contributed by atoms with Gasteiger partial charge in [0, 0.05) is 13.0 Å². The zero-order valence-corrected chi connectivity index (χ0v) is 13.9. The molecule has 2 rings (SSSR count). The lowest BCUT2D eigenvalue weighted by atomic mass is 10.2. The molecule has 8 heteroatoms. The highest BCUT2D eigenvalue weighted by Gasteiger charge is 2.27. The summed E-state index contributed by atoms with van der Waals surface area (Å²) in [6.45, 7) is 1.65. The lowest BCUT2D eigenvalue weighted by Crippen LogP contribution is -2.37. The first-order valence-corrected chi connectivity index (χ1v) is 8.01. The van der Waals surface area contributed by atoms with Crippen LogP contribution in [0.25, 0.3) is 0 Å². The average Bonchev–Trinajstić information content (AvgIpc) is 3.04. The first-order valence-electron chi connectivity index (χ1n) is 8.01. The Hall–Kier alpha value is -2.90.